The number of nitrogens with two attached hydrogens (primary N) is 1. The highest BCUT2D eigenvalue weighted by atomic mass is 16.7. The Hall–Kier alpha value is -1.30. The number of amidine groups is 1. The van der Waals surface area contributed by atoms with Crippen molar-refractivity contribution in [1.82, 2.24) is 9.80 Å². The molecular weight excluding hydrogens is 184 g/mol. The molecule has 0 aliphatic rings. The fourth-order valence-electron chi connectivity index (χ4n) is 0.622. The van der Waals surface area contributed by atoms with Gasteiger partial charge in [-0.1, -0.05) is 5.16 Å². The van der Waals surface area contributed by atoms with Crippen LogP contribution >= 0.6 is 0 Å². The molecule has 0 aromatic carbocycles. The van der Waals surface area contributed by atoms with E-state index in [9.17, 15) is 4.79 Å². The molecule has 14 heavy (non-hydrogen) atoms. The number of hydrogen-bond acceptors (Lipinski definition) is 4. The van der Waals surface area contributed by atoms with E-state index >= 15 is 0 Å². The van der Waals surface area contributed by atoms with Gasteiger partial charge >= 0.3 is 6.09 Å². The molecule has 0 aromatic heterocycles. The lowest BCUT2D eigenvalue weighted by Gasteiger charge is -2.17. The topological polar surface area (TPSA) is 71.2 Å². The Bertz CT molecular complexity index is 211. The van der Waals surface area contributed by atoms with Crippen LogP contribution in [-0.2, 0) is 4.84 Å². The van der Waals surface area contributed by atoms with Crippen molar-refractivity contribution in [2.75, 3.05) is 34.2 Å². The standard InChI is InChI=1S/C8H18N4O2/c1-7(9)10-14-8(13)12(4)6-5-11(2)3/h5-6H2,1-4H3,(H2,9,10). The van der Waals surface area contributed by atoms with Crippen LogP contribution in [0.4, 0.5) is 4.79 Å². The average molecular weight is 202 g/mol. The van der Waals surface area contributed by atoms with E-state index in [1.54, 1.807) is 14.0 Å². The molecule has 0 radical (unpaired) electrons. The maximum atomic E-state index is 11.2. The first kappa shape index (κ1) is 12.7. The van der Waals surface area contributed by atoms with E-state index in [0.29, 0.717) is 6.54 Å². The van der Waals surface area contributed by atoms with Crippen molar-refractivity contribution in [3.63, 3.8) is 0 Å². The summed E-state index contributed by atoms with van der Waals surface area (Å²) in [5.41, 5.74) is 5.21. The number of carbonyl (C=O) groups excluding carboxylic acids is 1. The summed E-state index contributed by atoms with van der Waals surface area (Å²) < 4.78 is 0. The van der Waals surface area contributed by atoms with Crippen LogP contribution in [0.15, 0.2) is 5.16 Å². The van der Waals surface area contributed by atoms with Crippen molar-refractivity contribution in [3.05, 3.63) is 0 Å². The summed E-state index contributed by atoms with van der Waals surface area (Å²) in [7, 11) is 5.51. The van der Waals surface area contributed by atoms with Crippen LogP contribution < -0.4 is 5.73 Å². The quantitative estimate of drug-likeness (QED) is 0.299. The highest BCUT2D eigenvalue weighted by molar-refractivity contribution is 5.78. The first-order chi connectivity index (χ1) is 6.43. The maximum Gasteiger partial charge on any atom is 0.435 e. The Morgan fingerprint density at radius 2 is 1.93 bits per heavy atom. The van der Waals surface area contributed by atoms with Crippen molar-refractivity contribution < 1.29 is 9.63 Å². The molecular formula is C8H18N4O2. The van der Waals surface area contributed by atoms with Crippen LogP contribution in [0, 0.1) is 0 Å². The summed E-state index contributed by atoms with van der Waals surface area (Å²) in [6.07, 6.45) is -0.503. The molecule has 0 heterocycles. The lowest BCUT2D eigenvalue weighted by atomic mass is 10.5. The molecule has 82 valence electrons. The van der Waals surface area contributed by atoms with Gasteiger partial charge in [0.2, 0.25) is 0 Å². The molecule has 6 heteroatoms. The van der Waals surface area contributed by atoms with E-state index in [1.165, 1.54) is 4.90 Å². The van der Waals surface area contributed by atoms with Crippen molar-refractivity contribution in [2.45, 2.75) is 6.92 Å². The van der Waals surface area contributed by atoms with Crippen molar-refractivity contribution in [2.24, 2.45) is 10.9 Å². The summed E-state index contributed by atoms with van der Waals surface area (Å²) >= 11 is 0. The maximum absolute atomic E-state index is 11.2. The molecule has 0 atom stereocenters. The second-order valence-corrected chi connectivity index (χ2v) is 3.31. The smallest absolute Gasteiger partial charge is 0.385 e. The molecule has 1 amide bonds. The Balaban J connectivity index is 3.82. The molecule has 0 saturated heterocycles. The van der Waals surface area contributed by atoms with Gasteiger partial charge in [0, 0.05) is 20.1 Å². The Kier molecular flexibility index (Phi) is 5.62. The van der Waals surface area contributed by atoms with E-state index in [0.717, 1.165) is 6.54 Å². The third kappa shape index (κ3) is 6.24. The average Bonchev–Trinajstić information content (AvgIpc) is 2.09. The van der Waals surface area contributed by atoms with Gasteiger partial charge in [0.05, 0.1) is 0 Å². The minimum absolute atomic E-state index is 0.222. The molecule has 0 bridgehead atoms. The molecule has 6 nitrogen and oxygen atoms in total. The minimum Gasteiger partial charge on any atom is -0.385 e. The van der Waals surface area contributed by atoms with Crippen LogP contribution in [0.2, 0.25) is 0 Å². The molecule has 0 aromatic rings. The van der Waals surface area contributed by atoms with Crippen LogP contribution in [0.1, 0.15) is 6.92 Å². The molecule has 0 aliphatic heterocycles. The van der Waals surface area contributed by atoms with Gasteiger partial charge in [-0.3, -0.25) is 4.84 Å². The number of nitrogens with zero attached hydrogens (tertiary/aromatic N) is 3. The van der Waals surface area contributed by atoms with Gasteiger partial charge in [-0.25, -0.2) is 4.79 Å². The molecule has 2 N–H and O–H groups in total. The first-order valence-electron chi connectivity index (χ1n) is 4.30. The highest BCUT2D eigenvalue weighted by Gasteiger charge is 2.09. The van der Waals surface area contributed by atoms with E-state index in [2.05, 4.69) is 9.99 Å². The lowest BCUT2D eigenvalue weighted by Crippen LogP contribution is -2.33. The van der Waals surface area contributed by atoms with E-state index in [1.807, 2.05) is 19.0 Å². The second kappa shape index (κ2) is 6.20. The summed E-state index contributed by atoms with van der Waals surface area (Å²) in [6.45, 7) is 2.91. The highest BCUT2D eigenvalue weighted by Crippen LogP contribution is 1.91. The predicted molar refractivity (Wildman–Crippen MR) is 55.0 cm³/mol. The van der Waals surface area contributed by atoms with Gasteiger partial charge in [-0.15, -0.1) is 0 Å². The molecule has 0 rings (SSSR count). The normalized spacial score (nSPS) is 11.6. The summed E-state index contributed by atoms with van der Waals surface area (Å²) in [6, 6.07) is 0. The largest absolute Gasteiger partial charge is 0.435 e. The summed E-state index contributed by atoms with van der Waals surface area (Å²) in [4.78, 5) is 19.1. The molecule has 0 aliphatic carbocycles. The van der Waals surface area contributed by atoms with Gasteiger partial charge in [0.25, 0.3) is 0 Å². The fourth-order valence-corrected chi connectivity index (χ4v) is 0.622. The molecule has 0 saturated carbocycles. The second-order valence-electron chi connectivity index (χ2n) is 3.31. The minimum atomic E-state index is -0.503. The number of oxime groups is 1. The number of likely N-dealkylation sites (N-methyl/N-ethyl adjacent to an activating group) is 2. The zero-order valence-corrected chi connectivity index (χ0v) is 9.15. The van der Waals surface area contributed by atoms with Crippen LogP contribution in [0.5, 0.6) is 0 Å². The van der Waals surface area contributed by atoms with E-state index in [4.69, 9.17) is 5.73 Å². The number of hydrogen-bond donors (Lipinski definition) is 1. The molecule has 0 fully saturated rings. The third-order valence-electron chi connectivity index (χ3n) is 1.46. The van der Waals surface area contributed by atoms with Crippen LogP contribution in [-0.4, -0.2) is 56.0 Å². The fraction of sp³-hybridized carbons (Fsp3) is 0.750. The Labute approximate surface area is 84.3 Å². The Morgan fingerprint density at radius 3 is 2.36 bits per heavy atom. The lowest BCUT2D eigenvalue weighted by molar-refractivity contribution is 0.112. The van der Waals surface area contributed by atoms with E-state index < -0.39 is 6.09 Å². The zero-order chi connectivity index (χ0) is 11.1. The summed E-state index contributed by atoms with van der Waals surface area (Å²) in [5, 5.41) is 3.36. The third-order valence-corrected chi connectivity index (χ3v) is 1.46. The molecule has 0 unspecified atom stereocenters. The van der Waals surface area contributed by atoms with Gasteiger partial charge in [0.15, 0.2) is 0 Å². The van der Waals surface area contributed by atoms with Crippen molar-refractivity contribution >= 4 is 11.9 Å². The van der Waals surface area contributed by atoms with Gasteiger partial charge < -0.3 is 15.5 Å². The number of amides is 1. The van der Waals surface area contributed by atoms with Crippen LogP contribution in [0.25, 0.3) is 0 Å². The Morgan fingerprint density at radius 1 is 1.36 bits per heavy atom. The number of rotatable bonds is 4. The van der Waals surface area contributed by atoms with Crippen molar-refractivity contribution in [3.8, 4) is 0 Å². The summed E-state index contributed by atoms with van der Waals surface area (Å²) in [5.74, 6) is 0.222. The van der Waals surface area contributed by atoms with E-state index in [-0.39, 0.29) is 5.84 Å². The van der Waals surface area contributed by atoms with Crippen LogP contribution in [0.3, 0.4) is 0 Å². The predicted octanol–water partition coefficient (Wildman–Crippen LogP) is -0.0915. The van der Waals surface area contributed by atoms with Gasteiger partial charge in [-0.05, 0) is 21.0 Å². The van der Waals surface area contributed by atoms with Gasteiger partial charge in [0.1, 0.15) is 5.84 Å². The molecule has 0 spiro atoms. The monoisotopic (exact) mass is 202 g/mol. The first-order valence-corrected chi connectivity index (χ1v) is 4.30. The number of carbonyl (C=O) groups is 1. The van der Waals surface area contributed by atoms with Gasteiger partial charge in [-0.2, -0.15) is 0 Å². The van der Waals surface area contributed by atoms with Crippen molar-refractivity contribution in [1.29, 1.82) is 0 Å². The SMILES string of the molecule is C/C(N)=N/OC(=O)N(C)CCN(C)C. The zero-order valence-electron chi connectivity index (χ0n) is 9.15.